The number of anilines is 1. The number of benzene rings is 2. The number of furan rings is 1. The summed E-state index contributed by atoms with van der Waals surface area (Å²) in [6.07, 6.45) is 0.708. The predicted octanol–water partition coefficient (Wildman–Crippen LogP) is 4.88. The molecule has 0 atom stereocenters. The van der Waals surface area contributed by atoms with E-state index in [1.165, 1.54) is 24.3 Å². The Morgan fingerprint density at radius 2 is 1.77 bits per heavy atom. The number of fused-ring (bicyclic) bond motifs is 1. The van der Waals surface area contributed by atoms with Crippen molar-refractivity contribution in [2.45, 2.75) is 26.8 Å². The van der Waals surface area contributed by atoms with Gasteiger partial charge in [-0.1, -0.05) is 13.8 Å². The molecule has 2 amide bonds. The molecule has 0 saturated heterocycles. The van der Waals surface area contributed by atoms with Crippen molar-refractivity contribution in [2.24, 2.45) is 5.92 Å². The molecule has 30 heavy (non-hydrogen) atoms. The highest BCUT2D eigenvalue weighted by atomic mass is 19.1. The molecular formula is C24H23FN2O3. The summed E-state index contributed by atoms with van der Waals surface area (Å²) in [4.78, 5) is 26.4. The Bertz CT molecular complexity index is 1070. The quantitative estimate of drug-likeness (QED) is 0.672. The maximum absolute atomic E-state index is 13.0. The van der Waals surface area contributed by atoms with Crippen molar-refractivity contribution in [1.82, 2.24) is 4.90 Å². The summed E-state index contributed by atoms with van der Waals surface area (Å²) in [5.74, 6) is 1.13. The maximum Gasteiger partial charge on any atom is 0.255 e. The molecule has 0 aliphatic carbocycles. The Morgan fingerprint density at radius 3 is 2.43 bits per heavy atom. The van der Waals surface area contributed by atoms with Crippen LogP contribution in [0.3, 0.4) is 0 Å². The van der Waals surface area contributed by atoms with Crippen LogP contribution in [0.25, 0.3) is 11.3 Å². The average molecular weight is 406 g/mol. The molecule has 154 valence electrons. The third kappa shape index (κ3) is 4.13. The summed E-state index contributed by atoms with van der Waals surface area (Å²) in [6.45, 7) is 5.07. The molecule has 0 spiro atoms. The first-order valence-corrected chi connectivity index (χ1v) is 9.98. The second-order valence-corrected chi connectivity index (χ2v) is 7.76. The lowest BCUT2D eigenvalue weighted by atomic mass is 10.1. The van der Waals surface area contributed by atoms with E-state index in [4.69, 9.17) is 4.42 Å². The van der Waals surface area contributed by atoms with E-state index in [2.05, 4.69) is 5.32 Å². The summed E-state index contributed by atoms with van der Waals surface area (Å²) >= 11 is 0. The lowest BCUT2D eigenvalue weighted by Crippen LogP contribution is -2.37. The summed E-state index contributed by atoms with van der Waals surface area (Å²) in [7, 11) is 0. The normalized spacial score (nSPS) is 13.3. The minimum Gasteiger partial charge on any atom is -0.461 e. The van der Waals surface area contributed by atoms with Gasteiger partial charge >= 0.3 is 0 Å². The summed E-state index contributed by atoms with van der Waals surface area (Å²) in [6, 6.07) is 14.7. The lowest BCUT2D eigenvalue weighted by Gasteiger charge is -2.27. The number of rotatable bonds is 4. The van der Waals surface area contributed by atoms with Crippen LogP contribution in [0.2, 0.25) is 0 Å². The Hall–Kier alpha value is -3.41. The zero-order valence-corrected chi connectivity index (χ0v) is 16.9. The van der Waals surface area contributed by atoms with Gasteiger partial charge in [-0.3, -0.25) is 9.59 Å². The molecular weight excluding hydrogens is 383 g/mol. The molecule has 0 radical (unpaired) electrons. The second-order valence-electron chi connectivity index (χ2n) is 7.76. The Morgan fingerprint density at radius 1 is 1.07 bits per heavy atom. The van der Waals surface area contributed by atoms with Gasteiger partial charge in [-0.05, 0) is 54.6 Å². The highest BCUT2D eigenvalue weighted by Gasteiger charge is 2.25. The summed E-state index contributed by atoms with van der Waals surface area (Å²) in [5, 5.41) is 2.80. The number of carbonyl (C=O) groups excluding carboxylic acids is 2. The van der Waals surface area contributed by atoms with Gasteiger partial charge in [0.2, 0.25) is 5.91 Å². The van der Waals surface area contributed by atoms with E-state index in [1.807, 2.05) is 36.9 Å². The van der Waals surface area contributed by atoms with Gasteiger partial charge in [-0.25, -0.2) is 4.39 Å². The van der Waals surface area contributed by atoms with Crippen LogP contribution in [0, 0.1) is 11.7 Å². The minimum atomic E-state index is -0.381. The van der Waals surface area contributed by atoms with Crippen LogP contribution in [0.5, 0.6) is 0 Å². The monoisotopic (exact) mass is 406 g/mol. The lowest BCUT2D eigenvalue weighted by molar-refractivity contribution is -0.135. The van der Waals surface area contributed by atoms with Crippen molar-refractivity contribution in [3.05, 3.63) is 77.3 Å². The van der Waals surface area contributed by atoms with Crippen LogP contribution in [0.4, 0.5) is 10.1 Å². The predicted molar refractivity (Wildman–Crippen MR) is 112 cm³/mol. The van der Waals surface area contributed by atoms with Crippen LogP contribution in [0.1, 0.15) is 35.5 Å². The Kier molecular flexibility index (Phi) is 5.40. The Labute approximate surface area is 174 Å². The number of nitrogens with one attached hydrogen (secondary N) is 1. The highest BCUT2D eigenvalue weighted by molar-refractivity contribution is 6.04. The van der Waals surface area contributed by atoms with Gasteiger partial charge < -0.3 is 14.6 Å². The van der Waals surface area contributed by atoms with E-state index in [1.54, 1.807) is 12.1 Å². The van der Waals surface area contributed by atoms with Crippen LogP contribution >= 0.6 is 0 Å². The van der Waals surface area contributed by atoms with Crippen LogP contribution in [-0.4, -0.2) is 23.3 Å². The van der Waals surface area contributed by atoms with Crippen LogP contribution in [-0.2, 0) is 17.8 Å². The van der Waals surface area contributed by atoms with Gasteiger partial charge in [0.05, 0.1) is 0 Å². The first-order chi connectivity index (χ1) is 14.4. The van der Waals surface area contributed by atoms with Crippen LogP contribution in [0.15, 0.2) is 59.0 Å². The molecule has 1 aliphatic heterocycles. The van der Waals surface area contributed by atoms with E-state index in [9.17, 15) is 14.0 Å². The maximum atomic E-state index is 13.0. The number of amides is 2. The largest absolute Gasteiger partial charge is 0.461 e. The van der Waals surface area contributed by atoms with Crippen LogP contribution < -0.4 is 5.32 Å². The smallest absolute Gasteiger partial charge is 0.255 e. The van der Waals surface area contributed by atoms with E-state index < -0.39 is 0 Å². The van der Waals surface area contributed by atoms with E-state index in [-0.39, 0.29) is 23.5 Å². The van der Waals surface area contributed by atoms with Gasteiger partial charge in [-0.15, -0.1) is 0 Å². The average Bonchev–Trinajstić information content (AvgIpc) is 3.17. The molecule has 2 aromatic carbocycles. The van der Waals surface area contributed by atoms with Gasteiger partial charge in [0, 0.05) is 47.8 Å². The molecule has 1 aromatic heterocycles. The Balaban J connectivity index is 1.45. The van der Waals surface area contributed by atoms with Gasteiger partial charge in [0.25, 0.3) is 5.91 Å². The number of nitrogens with zero attached hydrogens (tertiary/aromatic N) is 1. The van der Waals surface area contributed by atoms with Gasteiger partial charge in [0.1, 0.15) is 17.3 Å². The van der Waals surface area contributed by atoms with Crippen molar-refractivity contribution in [3.63, 3.8) is 0 Å². The third-order valence-electron chi connectivity index (χ3n) is 5.21. The fourth-order valence-corrected chi connectivity index (χ4v) is 3.55. The fraction of sp³-hybridized carbons (Fsp3) is 0.250. The van der Waals surface area contributed by atoms with Crippen molar-refractivity contribution in [1.29, 1.82) is 0 Å². The number of hydrogen-bond donors (Lipinski definition) is 1. The van der Waals surface area contributed by atoms with E-state index in [0.29, 0.717) is 30.8 Å². The molecule has 6 heteroatoms. The second kappa shape index (κ2) is 8.14. The molecule has 1 N–H and O–H groups in total. The number of halogens is 1. The molecule has 4 rings (SSSR count). The van der Waals surface area contributed by atoms with E-state index in [0.717, 1.165) is 22.6 Å². The summed E-state index contributed by atoms with van der Waals surface area (Å²) < 4.78 is 19.0. The number of hydrogen-bond acceptors (Lipinski definition) is 3. The first-order valence-electron chi connectivity index (χ1n) is 9.98. The fourth-order valence-electron chi connectivity index (χ4n) is 3.55. The molecule has 1 aliphatic rings. The van der Waals surface area contributed by atoms with Crippen molar-refractivity contribution in [2.75, 3.05) is 11.9 Å². The zero-order valence-electron chi connectivity index (χ0n) is 16.9. The van der Waals surface area contributed by atoms with Gasteiger partial charge in [0.15, 0.2) is 0 Å². The molecule has 5 nitrogen and oxygen atoms in total. The number of carbonyl (C=O) groups is 2. The van der Waals surface area contributed by atoms with E-state index >= 15 is 0 Å². The topological polar surface area (TPSA) is 62.6 Å². The summed E-state index contributed by atoms with van der Waals surface area (Å²) in [5.41, 5.74) is 2.96. The zero-order chi connectivity index (χ0) is 21.3. The van der Waals surface area contributed by atoms with Gasteiger partial charge in [-0.2, -0.15) is 0 Å². The van der Waals surface area contributed by atoms with Crippen molar-refractivity contribution >= 4 is 17.5 Å². The minimum absolute atomic E-state index is 0.0180. The first kappa shape index (κ1) is 19.9. The molecule has 2 heterocycles. The molecule has 0 fully saturated rings. The van der Waals surface area contributed by atoms with Crippen molar-refractivity contribution in [3.8, 4) is 11.3 Å². The third-order valence-corrected chi connectivity index (χ3v) is 5.21. The van der Waals surface area contributed by atoms with Crippen molar-refractivity contribution < 1.29 is 18.4 Å². The SMILES string of the molecule is CC(C)C(=O)N1CCc2oc(-c3ccc(NC(=O)c4ccc(F)cc4)cc3)cc2C1. The molecule has 3 aromatic rings. The molecule has 0 unspecified atom stereocenters. The molecule has 0 saturated carbocycles. The molecule has 0 bridgehead atoms. The standard InChI is InChI=1S/C24H23FN2O3/c1-15(2)24(29)27-12-11-21-18(14-27)13-22(30-21)16-5-9-20(10-6-16)26-23(28)17-3-7-19(25)8-4-17/h3-10,13,15H,11-12,14H2,1-2H3,(H,26,28). The highest BCUT2D eigenvalue weighted by Crippen LogP contribution is 2.30.